The maximum absolute atomic E-state index is 11.5. The average Bonchev–Trinajstić information content (AvgIpc) is 2.14. The second-order valence-electron chi connectivity index (χ2n) is 3.88. The highest BCUT2D eigenvalue weighted by molar-refractivity contribution is 5.83. The van der Waals surface area contributed by atoms with Crippen LogP contribution in [-0.4, -0.2) is 47.6 Å². The second-order valence-corrected chi connectivity index (χ2v) is 3.88. The molecule has 1 amide bonds. The lowest BCUT2D eigenvalue weighted by Gasteiger charge is -2.21. The van der Waals surface area contributed by atoms with Gasteiger partial charge in [-0.3, -0.25) is 4.79 Å². The summed E-state index contributed by atoms with van der Waals surface area (Å²) in [6.45, 7) is 6.06. The van der Waals surface area contributed by atoms with Crippen LogP contribution < -0.4 is 5.32 Å². The van der Waals surface area contributed by atoms with Crippen LogP contribution in [0.1, 0.15) is 27.2 Å². The summed E-state index contributed by atoms with van der Waals surface area (Å²) >= 11 is 0. The molecular formula is C10H20N2O3. The minimum atomic E-state index is -0.984. The van der Waals surface area contributed by atoms with Gasteiger partial charge in [-0.1, -0.05) is 13.8 Å². The molecule has 0 saturated carbocycles. The number of hydrogen-bond donors (Lipinski definition) is 2. The lowest BCUT2D eigenvalue weighted by molar-refractivity contribution is -0.148. The fraction of sp³-hybridized carbons (Fsp3) is 0.800. The van der Waals surface area contributed by atoms with Gasteiger partial charge in [-0.2, -0.15) is 0 Å². The third-order valence-electron chi connectivity index (χ3n) is 2.22. The molecule has 88 valence electrons. The number of likely N-dealkylation sites (N-methyl/N-ethyl adjacent to an activating group) is 1. The first-order chi connectivity index (χ1) is 6.86. The van der Waals surface area contributed by atoms with E-state index in [4.69, 9.17) is 5.11 Å². The summed E-state index contributed by atoms with van der Waals surface area (Å²) in [5, 5.41) is 11.8. The topological polar surface area (TPSA) is 69.6 Å². The van der Waals surface area contributed by atoms with Crippen molar-refractivity contribution in [3.8, 4) is 0 Å². The number of nitrogens with zero attached hydrogens (tertiary/aromatic N) is 1. The summed E-state index contributed by atoms with van der Waals surface area (Å²) in [6.07, 6.45) is 0.326. The third-order valence-corrected chi connectivity index (χ3v) is 2.22. The molecule has 0 aliphatic carbocycles. The SMILES string of the molecule is CC(C)NCCC(=O)N(C)C(C)C(=O)O. The van der Waals surface area contributed by atoms with Crippen LogP contribution in [0.15, 0.2) is 0 Å². The molecule has 2 N–H and O–H groups in total. The summed E-state index contributed by atoms with van der Waals surface area (Å²) in [5.74, 6) is -1.14. The van der Waals surface area contributed by atoms with Gasteiger partial charge in [0.2, 0.25) is 5.91 Å². The van der Waals surface area contributed by atoms with Crippen LogP contribution in [0, 0.1) is 0 Å². The van der Waals surface area contributed by atoms with Crippen LogP contribution >= 0.6 is 0 Å². The van der Waals surface area contributed by atoms with Crippen LogP contribution in [0.25, 0.3) is 0 Å². The summed E-state index contributed by atoms with van der Waals surface area (Å²) in [5.41, 5.74) is 0. The Balaban J connectivity index is 3.94. The number of carboxylic acids is 1. The first-order valence-electron chi connectivity index (χ1n) is 5.08. The highest BCUT2D eigenvalue weighted by Crippen LogP contribution is 1.98. The van der Waals surface area contributed by atoms with Gasteiger partial charge in [0.05, 0.1) is 0 Å². The van der Waals surface area contributed by atoms with Crippen molar-refractivity contribution in [3.05, 3.63) is 0 Å². The summed E-state index contributed by atoms with van der Waals surface area (Å²) < 4.78 is 0. The molecule has 0 radical (unpaired) electrons. The predicted octanol–water partition coefficient (Wildman–Crippen LogP) is 0.306. The number of rotatable bonds is 6. The standard InChI is InChI=1S/C10H20N2O3/c1-7(2)11-6-5-9(13)12(4)8(3)10(14)15/h7-8,11H,5-6H2,1-4H3,(H,14,15). The average molecular weight is 216 g/mol. The van der Waals surface area contributed by atoms with E-state index in [1.807, 2.05) is 13.8 Å². The molecule has 0 rings (SSSR count). The quantitative estimate of drug-likeness (QED) is 0.670. The highest BCUT2D eigenvalue weighted by atomic mass is 16.4. The fourth-order valence-corrected chi connectivity index (χ4v) is 1.03. The zero-order chi connectivity index (χ0) is 12.0. The van der Waals surface area contributed by atoms with E-state index in [1.165, 1.54) is 18.9 Å². The number of carbonyl (C=O) groups excluding carboxylic acids is 1. The van der Waals surface area contributed by atoms with Gasteiger partial charge in [0.25, 0.3) is 0 Å². The number of amides is 1. The van der Waals surface area contributed by atoms with Crippen LogP contribution in [0.4, 0.5) is 0 Å². The van der Waals surface area contributed by atoms with E-state index in [-0.39, 0.29) is 5.91 Å². The fourth-order valence-electron chi connectivity index (χ4n) is 1.03. The van der Waals surface area contributed by atoms with Crippen LogP contribution in [0.3, 0.4) is 0 Å². The Kier molecular flexibility index (Phi) is 5.93. The molecule has 1 atom stereocenters. The molecule has 0 aromatic carbocycles. The molecular weight excluding hydrogens is 196 g/mol. The number of carboxylic acid groups (broad SMARTS) is 1. The van der Waals surface area contributed by atoms with Crippen molar-refractivity contribution < 1.29 is 14.7 Å². The van der Waals surface area contributed by atoms with E-state index >= 15 is 0 Å². The van der Waals surface area contributed by atoms with Crippen molar-refractivity contribution in [1.82, 2.24) is 10.2 Å². The van der Waals surface area contributed by atoms with Gasteiger partial charge in [0.1, 0.15) is 6.04 Å². The van der Waals surface area contributed by atoms with E-state index in [0.29, 0.717) is 19.0 Å². The normalized spacial score (nSPS) is 12.6. The predicted molar refractivity (Wildman–Crippen MR) is 57.6 cm³/mol. The van der Waals surface area contributed by atoms with Crippen LogP contribution in [0.5, 0.6) is 0 Å². The number of hydrogen-bond acceptors (Lipinski definition) is 3. The van der Waals surface area contributed by atoms with Gasteiger partial charge in [-0.05, 0) is 6.92 Å². The molecule has 5 heteroatoms. The Morgan fingerprint density at radius 2 is 1.87 bits per heavy atom. The monoisotopic (exact) mass is 216 g/mol. The van der Waals surface area contributed by atoms with Crippen LogP contribution in [-0.2, 0) is 9.59 Å². The van der Waals surface area contributed by atoms with Gasteiger partial charge in [0, 0.05) is 26.1 Å². The molecule has 0 bridgehead atoms. The smallest absolute Gasteiger partial charge is 0.326 e. The van der Waals surface area contributed by atoms with Gasteiger partial charge < -0.3 is 15.3 Å². The van der Waals surface area contributed by atoms with Gasteiger partial charge in [0.15, 0.2) is 0 Å². The minimum Gasteiger partial charge on any atom is -0.480 e. The van der Waals surface area contributed by atoms with Crippen molar-refractivity contribution in [2.24, 2.45) is 0 Å². The Morgan fingerprint density at radius 1 is 1.33 bits per heavy atom. The molecule has 0 aliphatic heterocycles. The lowest BCUT2D eigenvalue weighted by atomic mass is 10.2. The Morgan fingerprint density at radius 3 is 2.27 bits per heavy atom. The number of aliphatic carboxylic acids is 1. The van der Waals surface area contributed by atoms with Crippen LogP contribution in [0.2, 0.25) is 0 Å². The number of nitrogens with one attached hydrogen (secondary N) is 1. The second kappa shape index (κ2) is 6.40. The van der Waals surface area contributed by atoms with Crippen molar-refractivity contribution in [2.75, 3.05) is 13.6 Å². The molecule has 0 saturated heterocycles. The lowest BCUT2D eigenvalue weighted by Crippen LogP contribution is -2.41. The molecule has 5 nitrogen and oxygen atoms in total. The minimum absolute atomic E-state index is 0.155. The number of carbonyl (C=O) groups is 2. The molecule has 15 heavy (non-hydrogen) atoms. The van der Waals surface area contributed by atoms with Crippen molar-refractivity contribution in [1.29, 1.82) is 0 Å². The van der Waals surface area contributed by atoms with E-state index in [0.717, 1.165) is 0 Å². The zero-order valence-electron chi connectivity index (χ0n) is 9.78. The molecule has 0 spiro atoms. The molecule has 0 aromatic rings. The summed E-state index contributed by atoms with van der Waals surface area (Å²) in [6, 6.07) is -0.434. The van der Waals surface area contributed by atoms with Gasteiger partial charge >= 0.3 is 5.97 Å². The van der Waals surface area contributed by atoms with Crippen molar-refractivity contribution in [3.63, 3.8) is 0 Å². The molecule has 0 aliphatic rings. The zero-order valence-corrected chi connectivity index (χ0v) is 9.78. The molecule has 1 unspecified atom stereocenters. The van der Waals surface area contributed by atoms with Crippen molar-refractivity contribution in [2.45, 2.75) is 39.3 Å². The van der Waals surface area contributed by atoms with E-state index in [1.54, 1.807) is 0 Å². The summed E-state index contributed by atoms with van der Waals surface area (Å²) in [4.78, 5) is 23.4. The van der Waals surface area contributed by atoms with E-state index in [9.17, 15) is 9.59 Å². The summed E-state index contributed by atoms with van der Waals surface area (Å²) in [7, 11) is 1.51. The Labute approximate surface area is 90.5 Å². The first-order valence-corrected chi connectivity index (χ1v) is 5.08. The van der Waals surface area contributed by atoms with Crippen molar-refractivity contribution >= 4 is 11.9 Å². The molecule has 0 aromatic heterocycles. The van der Waals surface area contributed by atoms with Gasteiger partial charge in [-0.25, -0.2) is 4.79 Å². The molecule has 0 heterocycles. The highest BCUT2D eigenvalue weighted by Gasteiger charge is 2.20. The van der Waals surface area contributed by atoms with Gasteiger partial charge in [-0.15, -0.1) is 0 Å². The Bertz CT molecular complexity index is 229. The first kappa shape index (κ1) is 13.9. The Hall–Kier alpha value is -1.10. The van der Waals surface area contributed by atoms with E-state index < -0.39 is 12.0 Å². The maximum atomic E-state index is 11.5. The largest absolute Gasteiger partial charge is 0.480 e. The van der Waals surface area contributed by atoms with E-state index in [2.05, 4.69) is 5.32 Å². The maximum Gasteiger partial charge on any atom is 0.326 e. The third kappa shape index (κ3) is 5.37. The molecule has 0 fully saturated rings.